The van der Waals surface area contributed by atoms with Gasteiger partial charge in [-0.2, -0.15) is 4.31 Å². The predicted molar refractivity (Wildman–Crippen MR) is 114 cm³/mol. The van der Waals surface area contributed by atoms with Gasteiger partial charge in [-0.15, -0.1) is 11.3 Å². The van der Waals surface area contributed by atoms with Crippen LogP contribution < -0.4 is 5.32 Å². The summed E-state index contributed by atoms with van der Waals surface area (Å²) in [4.78, 5) is 4.24. The molecule has 152 valence electrons. The molecule has 2 aromatic carbocycles. The molecule has 1 N–H and O–H groups in total. The Kier molecular flexibility index (Phi) is 5.67. The van der Waals surface area contributed by atoms with Crippen molar-refractivity contribution in [2.75, 3.05) is 18.4 Å². The SMILES string of the molecule is Cc1ccccc1NC1CCN(S(=O)(=O)c2cnc(-c3ccc(F)cc3)s2)CC1. The monoisotopic (exact) mass is 431 g/mol. The first-order chi connectivity index (χ1) is 13.9. The lowest BCUT2D eigenvalue weighted by molar-refractivity contribution is 0.330. The molecule has 0 aliphatic carbocycles. The van der Waals surface area contributed by atoms with Crippen molar-refractivity contribution in [1.29, 1.82) is 0 Å². The number of sulfonamides is 1. The fourth-order valence-electron chi connectivity index (χ4n) is 3.43. The van der Waals surface area contributed by atoms with E-state index in [9.17, 15) is 12.8 Å². The van der Waals surface area contributed by atoms with E-state index in [0.717, 1.165) is 29.9 Å². The van der Waals surface area contributed by atoms with Gasteiger partial charge < -0.3 is 5.32 Å². The summed E-state index contributed by atoms with van der Waals surface area (Å²) in [6.07, 6.45) is 2.89. The molecule has 0 spiro atoms. The second-order valence-electron chi connectivity index (χ2n) is 7.13. The molecule has 0 radical (unpaired) electrons. The van der Waals surface area contributed by atoms with Gasteiger partial charge in [0.1, 0.15) is 10.8 Å². The number of hydrogen-bond acceptors (Lipinski definition) is 5. The van der Waals surface area contributed by atoms with E-state index in [0.29, 0.717) is 23.7 Å². The Balaban J connectivity index is 1.43. The predicted octanol–water partition coefficient (Wildman–Crippen LogP) is 4.52. The van der Waals surface area contributed by atoms with Gasteiger partial charge in [-0.1, -0.05) is 18.2 Å². The second kappa shape index (κ2) is 8.22. The summed E-state index contributed by atoms with van der Waals surface area (Å²) in [6.45, 7) is 3.00. The van der Waals surface area contributed by atoms with Gasteiger partial charge in [0, 0.05) is 30.4 Å². The number of thiazole rings is 1. The van der Waals surface area contributed by atoms with Crippen LogP contribution in [0, 0.1) is 12.7 Å². The Morgan fingerprint density at radius 1 is 1.10 bits per heavy atom. The van der Waals surface area contributed by atoms with E-state index in [1.54, 1.807) is 12.1 Å². The second-order valence-corrected chi connectivity index (χ2v) is 10.3. The molecule has 0 atom stereocenters. The third-order valence-corrected chi connectivity index (χ3v) is 8.51. The highest BCUT2D eigenvalue weighted by Crippen LogP contribution is 2.31. The molecule has 5 nitrogen and oxygen atoms in total. The molecule has 1 saturated heterocycles. The number of halogens is 1. The minimum Gasteiger partial charge on any atom is -0.382 e. The number of piperidine rings is 1. The number of hydrogen-bond donors (Lipinski definition) is 1. The largest absolute Gasteiger partial charge is 0.382 e. The first-order valence-electron chi connectivity index (χ1n) is 9.47. The Labute approximate surface area is 174 Å². The van der Waals surface area contributed by atoms with Crippen molar-refractivity contribution < 1.29 is 12.8 Å². The number of nitrogens with one attached hydrogen (secondary N) is 1. The summed E-state index contributed by atoms with van der Waals surface area (Å²) < 4.78 is 40.9. The minimum absolute atomic E-state index is 0.224. The zero-order valence-corrected chi connectivity index (χ0v) is 17.6. The van der Waals surface area contributed by atoms with Crippen LogP contribution in [-0.2, 0) is 10.0 Å². The molecule has 3 aromatic rings. The summed E-state index contributed by atoms with van der Waals surface area (Å²) in [6, 6.07) is 14.3. The maximum Gasteiger partial charge on any atom is 0.254 e. The van der Waals surface area contributed by atoms with Gasteiger partial charge in [-0.25, -0.2) is 17.8 Å². The lowest BCUT2D eigenvalue weighted by atomic mass is 10.1. The molecule has 0 bridgehead atoms. The van der Waals surface area contributed by atoms with Crippen molar-refractivity contribution in [3.05, 3.63) is 66.1 Å². The van der Waals surface area contributed by atoms with Crippen LogP contribution in [0.25, 0.3) is 10.6 Å². The average Bonchev–Trinajstić information content (AvgIpc) is 3.22. The normalized spacial score (nSPS) is 16.1. The molecule has 1 aliphatic rings. The van der Waals surface area contributed by atoms with E-state index in [1.165, 1.54) is 28.2 Å². The molecule has 1 aromatic heterocycles. The highest BCUT2D eigenvalue weighted by molar-refractivity contribution is 7.91. The lowest BCUT2D eigenvalue weighted by Crippen LogP contribution is -2.42. The van der Waals surface area contributed by atoms with Gasteiger partial charge in [0.05, 0.1) is 6.20 Å². The molecule has 0 saturated carbocycles. The van der Waals surface area contributed by atoms with Gasteiger partial charge in [0.15, 0.2) is 4.21 Å². The zero-order valence-electron chi connectivity index (χ0n) is 16.0. The van der Waals surface area contributed by atoms with Gasteiger partial charge in [-0.3, -0.25) is 0 Å². The van der Waals surface area contributed by atoms with Crippen molar-refractivity contribution in [3.8, 4) is 10.6 Å². The van der Waals surface area contributed by atoms with Crippen LogP contribution in [0.3, 0.4) is 0 Å². The standard InChI is InChI=1S/C21H22FN3O2S2/c1-15-4-2-3-5-19(15)24-18-10-12-25(13-11-18)29(26,27)20-14-23-21(28-20)16-6-8-17(22)9-7-16/h2-9,14,18,24H,10-13H2,1H3. The molecular weight excluding hydrogens is 409 g/mol. The summed E-state index contributed by atoms with van der Waals surface area (Å²) in [7, 11) is -3.57. The van der Waals surface area contributed by atoms with Gasteiger partial charge in [0.2, 0.25) is 0 Å². The van der Waals surface area contributed by atoms with Crippen molar-refractivity contribution >= 4 is 27.0 Å². The third-order valence-electron chi connectivity index (χ3n) is 5.13. The lowest BCUT2D eigenvalue weighted by Gasteiger charge is -2.32. The smallest absolute Gasteiger partial charge is 0.254 e. The van der Waals surface area contributed by atoms with E-state index in [2.05, 4.69) is 23.3 Å². The van der Waals surface area contributed by atoms with Crippen molar-refractivity contribution in [2.24, 2.45) is 0 Å². The highest BCUT2D eigenvalue weighted by atomic mass is 32.2. The van der Waals surface area contributed by atoms with E-state index in [-0.39, 0.29) is 16.1 Å². The van der Waals surface area contributed by atoms with Crippen molar-refractivity contribution in [3.63, 3.8) is 0 Å². The Bertz CT molecular complexity index is 1090. The number of rotatable bonds is 5. The number of aromatic nitrogens is 1. The fraction of sp³-hybridized carbons (Fsp3) is 0.286. The average molecular weight is 432 g/mol. The highest BCUT2D eigenvalue weighted by Gasteiger charge is 2.31. The molecule has 29 heavy (non-hydrogen) atoms. The Morgan fingerprint density at radius 2 is 1.79 bits per heavy atom. The molecule has 1 fully saturated rings. The van der Waals surface area contributed by atoms with Crippen LogP contribution in [0.2, 0.25) is 0 Å². The summed E-state index contributed by atoms with van der Waals surface area (Å²) in [5.74, 6) is -0.333. The number of aryl methyl sites for hydroxylation is 1. The van der Waals surface area contributed by atoms with Crippen LogP contribution in [0.1, 0.15) is 18.4 Å². The molecule has 2 heterocycles. The van der Waals surface area contributed by atoms with Crippen LogP contribution in [0.4, 0.5) is 10.1 Å². The van der Waals surface area contributed by atoms with Crippen molar-refractivity contribution in [2.45, 2.75) is 30.0 Å². The van der Waals surface area contributed by atoms with Gasteiger partial charge >= 0.3 is 0 Å². The Morgan fingerprint density at radius 3 is 2.48 bits per heavy atom. The molecule has 4 rings (SSSR count). The van der Waals surface area contributed by atoms with Gasteiger partial charge in [-0.05, 0) is 55.7 Å². The first-order valence-corrected chi connectivity index (χ1v) is 11.7. The molecular formula is C21H22FN3O2S2. The molecule has 0 amide bonds. The topological polar surface area (TPSA) is 62.3 Å². The van der Waals surface area contributed by atoms with Crippen molar-refractivity contribution in [1.82, 2.24) is 9.29 Å². The summed E-state index contributed by atoms with van der Waals surface area (Å²) in [5, 5.41) is 4.10. The number of nitrogens with zero attached hydrogens (tertiary/aromatic N) is 2. The summed E-state index contributed by atoms with van der Waals surface area (Å²) in [5.41, 5.74) is 2.99. The summed E-state index contributed by atoms with van der Waals surface area (Å²) >= 11 is 1.12. The number of benzene rings is 2. The Hall–Kier alpha value is -2.29. The van der Waals surface area contributed by atoms with Crippen LogP contribution in [-0.4, -0.2) is 36.8 Å². The van der Waals surface area contributed by atoms with Gasteiger partial charge in [0.25, 0.3) is 10.0 Å². The van der Waals surface area contributed by atoms with E-state index in [4.69, 9.17) is 0 Å². The fourth-order valence-corrected chi connectivity index (χ4v) is 6.19. The third kappa shape index (κ3) is 4.34. The maximum atomic E-state index is 13.1. The molecule has 1 aliphatic heterocycles. The number of para-hydroxylation sites is 1. The number of anilines is 1. The quantitative estimate of drug-likeness (QED) is 0.645. The zero-order chi connectivity index (χ0) is 20.4. The molecule has 8 heteroatoms. The minimum atomic E-state index is -3.57. The van der Waals surface area contributed by atoms with Crippen LogP contribution >= 0.6 is 11.3 Å². The maximum absolute atomic E-state index is 13.1. The van der Waals surface area contributed by atoms with Crippen LogP contribution in [0.15, 0.2) is 58.9 Å². The van der Waals surface area contributed by atoms with E-state index >= 15 is 0 Å². The van der Waals surface area contributed by atoms with Crippen LogP contribution in [0.5, 0.6) is 0 Å². The first kappa shape index (κ1) is 20.0. The molecule has 0 unspecified atom stereocenters. The van der Waals surface area contributed by atoms with E-state index in [1.807, 2.05) is 18.2 Å². The van der Waals surface area contributed by atoms with E-state index < -0.39 is 10.0 Å².